The maximum atomic E-state index is 9.19. The summed E-state index contributed by atoms with van der Waals surface area (Å²) in [5.41, 5.74) is 0. The average molecular weight is 378 g/mol. The first kappa shape index (κ1) is 33.2. The summed E-state index contributed by atoms with van der Waals surface area (Å²) < 4.78 is 51.7. The van der Waals surface area contributed by atoms with Gasteiger partial charge in [0.05, 0.1) is 52.2 Å². The molecule has 0 saturated heterocycles. The first-order valence-electron chi connectivity index (χ1n) is 5.25. The summed E-state index contributed by atoms with van der Waals surface area (Å²) in [6, 6.07) is 0. The van der Waals surface area contributed by atoms with Crippen LogP contribution in [0.2, 0.25) is 0 Å². The Morgan fingerprint density at radius 2 is 0.545 bits per heavy atom. The molecule has 0 spiro atoms. The fourth-order valence-corrected chi connectivity index (χ4v) is 0. The molecule has 142 valence electrons. The van der Waals surface area contributed by atoms with Gasteiger partial charge in [0, 0.05) is 0 Å². The summed E-state index contributed by atoms with van der Waals surface area (Å²) in [7, 11) is -7.33. The molecule has 12 nitrogen and oxygen atoms in total. The fraction of sp³-hybridized carbons (Fsp3) is 1.00. The second kappa shape index (κ2) is 25.5. The largest absolute Gasteiger partial charge is 0.394 e. The quantitative estimate of drug-likeness (QED) is 0.219. The Labute approximate surface area is 129 Å². The lowest BCUT2D eigenvalue weighted by Gasteiger charge is -1.70. The lowest BCUT2D eigenvalue weighted by atomic mass is 10.8. The number of hydrogen-bond acceptors (Lipinski definition) is 10. The molecule has 0 aliphatic carbocycles. The van der Waals surface area contributed by atoms with Crippen molar-refractivity contribution in [2.75, 3.05) is 52.2 Å². The minimum Gasteiger partial charge on any atom is -0.394 e. The van der Waals surface area contributed by atoms with Crippen molar-refractivity contribution in [3.8, 4) is 0 Å². The van der Waals surface area contributed by atoms with E-state index in [2.05, 4.69) is 0 Å². The molecule has 0 rings (SSSR count). The Kier molecular flexibility index (Phi) is 38.6. The van der Waals surface area contributed by atoms with Crippen LogP contribution in [-0.2, 0) is 20.2 Å². The lowest BCUT2D eigenvalue weighted by Crippen LogP contribution is -1.88. The topological polar surface area (TPSA) is 230 Å². The van der Waals surface area contributed by atoms with Gasteiger partial charge in [-0.3, -0.25) is 9.11 Å². The summed E-state index contributed by atoms with van der Waals surface area (Å²) >= 11 is 0. The maximum absolute atomic E-state index is 9.19. The first-order valence-corrected chi connectivity index (χ1v) is 8.94. The summed E-state index contributed by atoms with van der Waals surface area (Å²) in [5.74, 6) is 0. The van der Waals surface area contributed by atoms with Crippen LogP contribution < -0.4 is 0 Å². The number of rotatable bonds is 3. The van der Waals surface area contributed by atoms with E-state index in [4.69, 9.17) is 39.7 Å². The van der Waals surface area contributed by atoms with Gasteiger partial charge in [-0.25, -0.2) is 0 Å². The molecule has 0 fully saturated rings. The van der Waals surface area contributed by atoms with Crippen LogP contribution in [0.5, 0.6) is 0 Å². The van der Waals surface area contributed by atoms with Crippen molar-refractivity contribution in [2.45, 2.75) is 0 Å². The molecular formula is C8H26O12S2. The zero-order chi connectivity index (χ0) is 19.2. The molecule has 0 aliphatic heterocycles. The monoisotopic (exact) mass is 378 g/mol. The van der Waals surface area contributed by atoms with Gasteiger partial charge in [0.2, 0.25) is 0 Å². The van der Waals surface area contributed by atoms with Crippen molar-refractivity contribution >= 4 is 20.2 Å². The van der Waals surface area contributed by atoms with Crippen molar-refractivity contribution in [1.82, 2.24) is 0 Å². The van der Waals surface area contributed by atoms with E-state index >= 15 is 0 Å². The van der Waals surface area contributed by atoms with Crippen LogP contribution in [0.15, 0.2) is 0 Å². The predicted molar refractivity (Wildman–Crippen MR) is 77.5 cm³/mol. The van der Waals surface area contributed by atoms with Crippen LogP contribution in [0, 0.1) is 0 Å². The van der Waals surface area contributed by atoms with E-state index in [0.29, 0.717) is 12.5 Å². The zero-order valence-corrected chi connectivity index (χ0v) is 13.9. The van der Waals surface area contributed by atoms with Crippen LogP contribution >= 0.6 is 0 Å². The molecule has 14 heteroatoms. The van der Waals surface area contributed by atoms with Crippen molar-refractivity contribution in [3.63, 3.8) is 0 Å². The molecule has 8 N–H and O–H groups in total. The van der Waals surface area contributed by atoms with Crippen LogP contribution in [0.4, 0.5) is 0 Å². The van der Waals surface area contributed by atoms with Gasteiger partial charge < -0.3 is 30.6 Å². The third-order valence-corrected chi connectivity index (χ3v) is 0.300. The van der Waals surface area contributed by atoms with Crippen molar-refractivity contribution in [1.29, 1.82) is 0 Å². The minimum atomic E-state index is -3.67. The van der Waals surface area contributed by atoms with Gasteiger partial charge in [-0.05, 0) is 0 Å². The van der Waals surface area contributed by atoms with Crippen molar-refractivity contribution in [3.05, 3.63) is 0 Å². The van der Waals surface area contributed by atoms with Crippen LogP contribution in [-0.4, -0.2) is 109 Å². The standard InChI is InChI=1S/3C2H6O2.2CH4O3S/c3*3-1-2-4;2*1-5(2,3)4/h3*3-4H,1-2H2;2*1H3,(H,2,3,4). The smallest absolute Gasteiger partial charge is 0.261 e. The third kappa shape index (κ3) is 1020. The number of aliphatic hydroxyl groups is 6. The maximum Gasteiger partial charge on any atom is 0.261 e. The molecule has 0 aromatic heterocycles. The zero-order valence-electron chi connectivity index (χ0n) is 12.3. The molecular weight excluding hydrogens is 352 g/mol. The highest BCUT2D eigenvalue weighted by Gasteiger charge is 1.82. The molecule has 22 heavy (non-hydrogen) atoms. The third-order valence-electron chi connectivity index (χ3n) is 0.300. The molecule has 0 atom stereocenters. The molecule has 0 aromatic rings. The van der Waals surface area contributed by atoms with Gasteiger partial charge >= 0.3 is 0 Å². The Morgan fingerprint density at radius 1 is 0.500 bits per heavy atom. The lowest BCUT2D eigenvalue weighted by molar-refractivity contribution is 0.186. The minimum absolute atomic E-state index is 0.125. The SMILES string of the molecule is CS(=O)(=O)O.CS(=O)(=O)O.OCCO.OCCO.OCCO. The van der Waals surface area contributed by atoms with E-state index in [-0.39, 0.29) is 39.6 Å². The van der Waals surface area contributed by atoms with Gasteiger partial charge in [-0.2, -0.15) is 16.8 Å². The average Bonchev–Trinajstić information content (AvgIpc) is 2.35. The predicted octanol–water partition coefficient (Wildman–Crippen LogP) is -4.08. The molecule has 0 bridgehead atoms. The molecule has 0 radical (unpaired) electrons. The van der Waals surface area contributed by atoms with Gasteiger partial charge in [0.25, 0.3) is 20.2 Å². The van der Waals surface area contributed by atoms with Gasteiger partial charge in [-0.15, -0.1) is 0 Å². The normalized spacial score (nSPS) is 9.36. The van der Waals surface area contributed by atoms with E-state index in [1.807, 2.05) is 0 Å². The van der Waals surface area contributed by atoms with Gasteiger partial charge in [0.1, 0.15) is 0 Å². The van der Waals surface area contributed by atoms with E-state index in [1.165, 1.54) is 0 Å². The van der Waals surface area contributed by atoms with E-state index < -0.39 is 20.2 Å². The van der Waals surface area contributed by atoms with Crippen LogP contribution in [0.25, 0.3) is 0 Å². The molecule has 0 aromatic carbocycles. The molecule has 0 saturated carbocycles. The fourth-order valence-electron chi connectivity index (χ4n) is 0. The Balaban J connectivity index is -0.0000000550. The van der Waals surface area contributed by atoms with Gasteiger partial charge in [0.15, 0.2) is 0 Å². The Hall–Kier alpha value is -0.420. The van der Waals surface area contributed by atoms with E-state index in [0.717, 1.165) is 0 Å². The summed E-state index contributed by atoms with van der Waals surface area (Å²) in [6.07, 6.45) is 1.43. The molecule has 0 heterocycles. The highest BCUT2D eigenvalue weighted by Crippen LogP contribution is 1.61. The van der Waals surface area contributed by atoms with Gasteiger partial charge in [-0.1, -0.05) is 0 Å². The van der Waals surface area contributed by atoms with Crippen LogP contribution in [0.3, 0.4) is 0 Å². The van der Waals surface area contributed by atoms with Crippen LogP contribution in [0.1, 0.15) is 0 Å². The van der Waals surface area contributed by atoms with E-state index in [1.54, 1.807) is 0 Å². The highest BCUT2D eigenvalue weighted by atomic mass is 32.2. The molecule has 0 unspecified atom stereocenters. The Bertz CT molecular complexity index is 288. The Morgan fingerprint density at radius 3 is 0.545 bits per heavy atom. The van der Waals surface area contributed by atoms with Crippen molar-refractivity contribution in [2.24, 2.45) is 0 Å². The number of aliphatic hydroxyl groups excluding tert-OH is 6. The molecule has 0 aliphatic rings. The number of hydrogen-bond donors (Lipinski definition) is 8. The summed E-state index contributed by atoms with van der Waals surface area (Å²) in [5, 5.41) is 45.8. The van der Waals surface area contributed by atoms with E-state index in [9.17, 15) is 16.8 Å². The second-order valence-electron chi connectivity index (χ2n) is 2.81. The highest BCUT2D eigenvalue weighted by molar-refractivity contribution is 7.85. The molecule has 0 amide bonds. The summed E-state index contributed by atoms with van der Waals surface area (Å²) in [6.45, 7) is -0.750. The first-order chi connectivity index (χ1) is 9.74. The second-order valence-corrected chi connectivity index (χ2v) is 5.74. The van der Waals surface area contributed by atoms with Crippen molar-refractivity contribution < 1.29 is 56.6 Å². The summed E-state index contributed by atoms with van der Waals surface area (Å²) in [4.78, 5) is 0.